The monoisotopic (exact) mass is 269 g/mol. The maximum atomic E-state index is 4.43. The van der Waals surface area contributed by atoms with Crippen LogP contribution in [0, 0.1) is 0 Å². The molecule has 0 radical (unpaired) electrons. The SMILES string of the molecule is CCNC(c1ccc2ncccc2c1)c1cscn1. The highest BCUT2D eigenvalue weighted by Crippen LogP contribution is 2.24. The van der Waals surface area contributed by atoms with Crippen LogP contribution in [-0.4, -0.2) is 16.5 Å². The van der Waals surface area contributed by atoms with E-state index in [2.05, 4.69) is 51.9 Å². The van der Waals surface area contributed by atoms with E-state index < -0.39 is 0 Å². The summed E-state index contributed by atoms with van der Waals surface area (Å²) in [5.41, 5.74) is 5.21. The molecule has 0 bridgehead atoms. The van der Waals surface area contributed by atoms with Crippen molar-refractivity contribution in [2.24, 2.45) is 0 Å². The first kappa shape index (κ1) is 12.3. The lowest BCUT2D eigenvalue weighted by atomic mass is 10.0. The summed E-state index contributed by atoms with van der Waals surface area (Å²) < 4.78 is 0. The van der Waals surface area contributed by atoms with E-state index >= 15 is 0 Å². The Hall–Kier alpha value is -1.78. The number of rotatable bonds is 4. The van der Waals surface area contributed by atoms with Crippen molar-refractivity contribution in [2.45, 2.75) is 13.0 Å². The first-order valence-corrected chi connectivity index (χ1v) is 7.29. The Morgan fingerprint density at radius 3 is 3.00 bits per heavy atom. The van der Waals surface area contributed by atoms with E-state index in [0.717, 1.165) is 23.1 Å². The molecule has 3 rings (SSSR count). The molecule has 3 aromatic rings. The number of nitrogens with one attached hydrogen (secondary N) is 1. The maximum absolute atomic E-state index is 4.43. The minimum atomic E-state index is 0.154. The van der Waals surface area contributed by atoms with Gasteiger partial charge in [-0.15, -0.1) is 11.3 Å². The molecule has 0 saturated heterocycles. The molecule has 0 fully saturated rings. The molecule has 1 aromatic carbocycles. The Balaban J connectivity index is 2.05. The molecule has 1 N–H and O–H groups in total. The molecule has 1 unspecified atom stereocenters. The summed E-state index contributed by atoms with van der Waals surface area (Å²) in [6.07, 6.45) is 1.82. The van der Waals surface area contributed by atoms with E-state index in [9.17, 15) is 0 Å². The summed E-state index contributed by atoms with van der Waals surface area (Å²) in [6, 6.07) is 10.6. The third-order valence-corrected chi connectivity index (χ3v) is 3.72. The number of aromatic nitrogens is 2. The second-order valence-electron chi connectivity index (χ2n) is 4.36. The number of pyridine rings is 1. The van der Waals surface area contributed by atoms with Crippen molar-refractivity contribution in [2.75, 3.05) is 6.54 Å². The molecule has 0 amide bonds. The molecule has 0 aliphatic rings. The molecule has 0 aliphatic heterocycles. The van der Waals surface area contributed by atoms with Crippen LogP contribution in [0.1, 0.15) is 24.2 Å². The summed E-state index contributed by atoms with van der Waals surface area (Å²) in [4.78, 5) is 8.79. The largest absolute Gasteiger partial charge is 0.305 e. The van der Waals surface area contributed by atoms with Crippen LogP contribution >= 0.6 is 11.3 Å². The van der Waals surface area contributed by atoms with Crippen LogP contribution in [0.15, 0.2) is 47.4 Å². The van der Waals surface area contributed by atoms with Crippen molar-refractivity contribution >= 4 is 22.2 Å². The van der Waals surface area contributed by atoms with Crippen molar-refractivity contribution in [1.82, 2.24) is 15.3 Å². The number of hydrogen-bond acceptors (Lipinski definition) is 4. The fourth-order valence-corrected chi connectivity index (χ4v) is 2.82. The normalized spacial score (nSPS) is 12.7. The van der Waals surface area contributed by atoms with E-state index in [1.165, 1.54) is 5.56 Å². The predicted molar refractivity (Wildman–Crippen MR) is 79.4 cm³/mol. The molecule has 19 heavy (non-hydrogen) atoms. The minimum absolute atomic E-state index is 0.154. The first-order valence-electron chi connectivity index (χ1n) is 6.34. The standard InChI is InChI=1S/C15H15N3S/c1-2-16-15(14-9-19-10-18-14)12-5-6-13-11(8-12)4-3-7-17-13/h3-10,15-16H,2H2,1H3. The van der Waals surface area contributed by atoms with Gasteiger partial charge in [-0.2, -0.15) is 0 Å². The average molecular weight is 269 g/mol. The van der Waals surface area contributed by atoms with Crippen LogP contribution in [0.25, 0.3) is 10.9 Å². The van der Waals surface area contributed by atoms with Crippen molar-refractivity contribution in [3.63, 3.8) is 0 Å². The van der Waals surface area contributed by atoms with E-state index in [-0.39, 0.29) is 6.04 Å². The van der Waals surface area contributed by atoms with Gasteiger partial charge in [-0.05, 0) is 30.3 Å². The molecule has 2 heterocycles. The van der Waals surface area contributed by atoms with Gasteiger partial charge in [0.2, 0.25) is 0 Å². The van der Waals surface area contributed by atoms with Gasteiger partial charge < -0.3 is 5.32 Å². The van der Waals surface area contributed by atoms with E-state index in [0.29, 0.717) is 0 Å². The van der Waals surface area contributed by atoms with E-state index in [4.69, 9.17) is 0 Å². The maximum Gasteiger partial charge on any atom is 0.0795 e. The average Bonchev–Trinajstić information content (AvgIpc) is 2.98. The van der Waals surface area contributed by atoms with Crippen LogP contribution in [0.5, 0.6) is 0 Å². The van der Waals surface area contributed by atoms with Crippen LogP contribution < -0.4 is 5.32 Å². The fraction of sp³-hybridized carbons (Fsp3) is 0.200. The van der Waals surface area contributed by atoms with Gasteiger partial charge in [0.25, 0.3) is 0 Å². The van der Waals surface area contributed by atoms with Crippen LogP contribution in [0.2, 0.25) is 0 Å². The molecule has 3 nitrogen and oxygen atoms in total. The molecule has 1 atom stereocenters. The topological polar surface area (TPSA) is 37.8 Å². The Labute approximate surface area is 116 Å². The Morgan fingerprint density at radius 1 is 1.26 bits per heavy atom. The summed E-state index contributed by atoms with van der Waals surface area (Å²) in [7, 11) is 0. The number of fused-ring (bicyclic) bond motifs is 1. The zero-order chi connectivity index (χ0) is 13.1. The summed E-state index contributed by atoms with van der Waals surface area (Å²) in [5, 5.41) is 6.75. The lowest BCUT2D eigenvalue weighted by Crippen LogP contribution is -2.22. The molecular formula is C15H15N3S. The zero-order valence-corrected chi connectivity index (χ0v) is 11.5. The third kappa shape index (κ3) is 2.50. The summed E-state index contributed by atoms with van der Waals surface area (Å²) >= 11 is 1.63. The highest BCUT2D eigenvalue weighted by molar-refractivity contribution is 7.07. The predicted octanol–water partition coefficient (Wildman–Crippen LogP) is 3.39. The minimum Gasteiger partial charge on any atom is -0.305 e. The molecule has 0 saturated carbocycles. The quantitative estimate of drug-likeness (QED) is 0.789. The molecule has 0 spiro atoms. The lowest BCUT2D eigenvalue weighted by molar-refractivity contribution is 0.619. The molecular weight excluding hydrogens is 254 g/mol. The van der Waals surface area contributed by atoms with Gasteiger partial charge in [-0.1, -0.05) is 19.1 Å². The van der Waals surface area contributed by atoms with Crippen molar-refractivity contribution in [3.05, 3.63) is 58.7 Å². The van der Waals surface area contributed by atoms with Gasteiger partial charge >= 0.3 is 0 Å². The van der Waals surface area contributed by atoms with Crippen molar-refractivity contribution in [3.8, 4) is 0 Å². The number of benzene rings is 1. The molecule has 2 aromatic heterocycles. The lowest BCUT2D eigenvalue weighted by Gasteiger charge is -2.16. The number of nitrogens with zero attached hydrogens (tertiary/aromatic N) is 2. The van der Waals surface area contributed by atoms with Gasteiger partial charge in [-0.25, -0.2) is 4.98 Å². The fourth-order valence-electron chi connectivity index (χ4n) is 2.24. The zero-order valence-electron chi connectivity index (χ0n) is 10.7. The van der Waals surface area contributed by atoms with E-state index in [1.807, 2.05) is 17.8 Å². The second-order valence-corrected chi connectivity index (χ2v) is 5.08. The van der Waals surface area contributed by atoms with Crippen LogP contribution in [0.4, 0.5) is 0 Å². The smallest absolute Gasteiger partial charge is 0.0795 e. The van der Waals surface area contributed by atoms with Crippen molar-refractivity contribution in [1.29, 1.82) is 0 Å². The Kier molecular flexibility index (Phi) is 3.53. The van der Waals surface area contributed by atoms with Gasteiger partial charge in [0.05, 0.1) is 22.8 Å². The van der Waals surface area contributed by atoms with Gasteiger partial charge in [0.15, 0.2) is 0 Å². The summed E-state index contributed by atoms with van der Waals surface area (Å²) in [5.74, 6) is 0. The van der Waals surface area contributed by atoms with Gasteiger partial charge in [0, 0.05) is 17.0 Å². The van der Waals surface area contributed by atoms with Crippen molar-refractivity contribution < 1.29 is 0 Å². The first-order chi connectivity index (χ1) is 9.38. The van der Waals surface area contributed by atoms with Crippen LogP contribution in [-0.2, 0) is 0 Å². The van der Waals surface area contributed by atoms with Gasteiger partial charge in [0.1, 0.15) is 0 Å². The molecule has 0 aliphatic carbocycles. The molecule has 4 heteroatoms. The Bertz CT molecular complexity index is 664. The van der Waals surface area contributed by atoms with Crippen LogP contribution in [0.3, 0.4) is 0 Å². The van der Waals surface area contributed by atoms with Gasteiger partial charge in [-0.3, -0.25) is 4.98 Å². The number of hydrogen-bond donors (Lipinski definition) is 1. The summed E-state index contributed by atoms with van der Waals surface area (Å²) in [6.45, 7) is 3.02. The third-order valence-electron chi connectivity index (χ3n) is 3.12. The highest BCUT2D eigenvalue weighted by Gasteiger charge is 2.15. The number of thiazole rings is 1. The highest BCUT2D eigenvalue weighted by atomic mass is 32.1. The molecule has 96 valence electrons. The van der Waals surface area contributed by atoms with E-state index in [1.54, 1.807) is 11.3 Å². The second kappa shape index (κ2) is 5.47. The Morgan fingerprint density at radius 2 is 2.21 bits per heavy atom.